The van der Waals surface area contributed by atoms with Gasteiger partial charge in [0.25, 0.3) is 5.91 Å². The van der Waals surface area contributed by atoms with E-state index in [1.807, 2.05) is 0 Å². The number of sulfonamides is 1. The molecule has 1 heterocycles. The van der Waals surface area contributed by atoms with Crippen LogP contribution in [-0.4, -0.2) is 31.7 Å². The molecule has 0 radical (unpaired) electrons. The first-order chi connectivity index (χ1) is 12.0. The first-order valence-electron chi connectivity index (χ1n) is 8.20. The van der Waals surface area contributed by atoms with Gasteiger partial charge in [0.2, 0.25) is 10.0 Å². The summed E-state index contributed by atoms with van der Waals surface area (Å²) >= 11 is 0. The number of carbonyl (C=O) groups excluding carboxylic acids is 1. The molecule has 6 nitrogen and oxygen atoms in total. The summed E-state index contributed by atoms with van der Waals surface area (Å²) in [5, 5.41) is 2.80. The van der Waals surface area contributed by atoms with Crippen LogP contribution < -0.4 is 11.1 Å². The predicted molar refractivity (Wildman–Crippen MR) is 96.5 cm³/mol. The summed E-state index contributed by atoms with van der Waals surface area (Å²) in [7, 11) is -3.40. The molecule has 1 amide bonds. The second kappa shape index (κ2) is 7.25. The van der Waals surface area contributed by atoms with Crippen LogP contribution >= 0.6 is 0 Å². The van der Waals surface area contributed by atoms with Crippen molar-refractivity contribution in [2.75, 3.05) is 18.8 Å². The number of nitrogens with two attached hydrogens (primary N) is 1. The van der Waals surface area contributed by atoms with Crippen molar-refractivity contribution in [2.45, 2.75) is 24.3 Å². The Balaban J connectivity index is 1.64. The molecule has 0 aromatic heterocycles. The van der Waals surface area contributed by atoms with Gasteiger partial charge in [-0.15, -0.1) is 0 Å². The molecule has 7 heteroatoms. The van der Waals surface area contributed by atoms with Crippen LogP contribution in [0.1, 0.15) is 28.8 Å². The number of hydrogen-bond acceptors (Lipinski definition) is 4. The average molecular weight is 359 g/mol. The van der Waals surface area contributed by atoms with Gasteiger partial charge in [0.05, 0.1) is 4.90 Å². The first-order valence-corrected chi connectivity index (χ1v) is 9.64. The summed E-state index contributed by atoms with van der Waals surface area (Å²) in [6.45, 7) is 1.48. The summed E-state index contributed by atoms with van der Waals surface area (Å²) in [5.41, 5.74) is 7.53. The van der Waals surface area contributed by atoms with E-state index < -0.39 is 10.0 Å². The molecule has 1 fully saturated rings. The third-order valence-corrected chi connectivity index (χ3v) is 6.14. The first kappa shape index (κ1) is 17.4. The van der Waals surface area contributed by atoms with E-state index in [9.17, 15) is 13.2 Å². The molecule has 132 valence electrons. The van der Waals surface area contributed by atoms with Crippen LogP contribution in [0.25, 0.3) is 0 Å². The summed E-state index contributed by atoms with van der Waals surface area (Å²) in [5.74, 6) is -0.221. The van der Waals surface area contributed by atoms with Gasteiger partial charge < -0.3 is 11.1 Å². The maximum absolute atomic E-state index is 12.5. The zero-order valence-electron chi connectivity index (χ0n) is 13.8. The number of nitrogen functional groups attached to an aromatic ring is 1. The van der Waals surface area contributed by atoms with Crippen molar-refractivity contribution < 1.29 is 13.2 Å². The fourth-order valence-electron chi connectivity index (χ4n) is 2.82. The van der Waals surface area contributed by atoms with Crippen molar-refractivity contribution in [2.24, 2.45) is 0 Å². The van der Waals surface area contributed by atoms with Crippen LogP contribution in [0.5, 0.6) is 0 Å². The number of rotatable bonds is 5. The van der Waals surface area contributed by atoms with Gasteiger partial charge in [0.1, 0.15) is 0 Å². The Bertz CT molecular complexity index is 857. The summed E-state index contributed by atoms with van der Waals surface area (Å²) in [6, 6.07) is 13.4. The molecule has 3 rings (SSSR count). The molecule has 3 N–H and O–H groups in total. The van der Waals surface area contributed by atoms with E-state index in [1.165, 1.54) is 4.31 Å². The van der Waals surface area contributed by atoms with Crippen molar-refractivity contribution in [1.29, 1.82) is 0 Å². The van der Waals surface area contributed by atoms with Gasteiger partial charge in [-0.25, -0.2) is 8.42 Å². The fourth-order valence-corrected chi connectivity index (χ4v) is 4.34. The maximum atomic E-state index is 12.5. The highest BCUT2D eigenvalue weighted by Gasteiger charge is 2.26. The zero-order chi connectivity index (χ0) is 17.9. The Labute approximate surface area is 147 Å². The molecule has 2 aromatic carbocycles. The molecule has 0 saturated carbocycles. The van der Waals surface area contributed by atoms with E-state index in [2.05, 4.69) is 5.32 Å². The Morgan fingerprint density at radius 3 is 2.40 bits per heavy atom. The normalized spacial score (nSPS) is 15.2. The van der Waals surface area contributed by atoms with Crippen LogP contribution in [-0.2, 0) is 16.6 Å². The zero-order valence-corrected chi connectivity index (χ0v) is 14.6. The molecule has 1 aliphatic heterocycles. The van der Waals surface area contributed by atoms with Crippen molar-refractivity contribution >= 4 is 21.6 Å². The number of hydrogen-bond donors (Lipinski definition) is 2. The van der Waals surface area contributed by atoms with Crippen LogP contribution in [0.15, 0.2) is 53.4 Å². The molecule has 1 saturated heterocycles. The summed E-state index contributed by atoms with van der Waals surface area (Å²) in [6.07, 6.45) is 1.82. The molecule has 0 unspecified atom stereocenters. The lowest BCUT2D eigenvalue weighted by Crippen LogP contribution is -2.28. The number of carbonyl (C=O) groups is 1. The number of anilines is 1. The molecular weight excluding hydrogens is 338 g/mol. The average Bonchev–Trinajstić information content (AvgIpc) is 3.15. The molecule has 0 aliphatic carbocycles. The van der Waals surface area contributed by atoms with E-state index in [0.29, 0.717) is 35.8 Å². The molecule has 25 heavy (non-hydrogen) atoms. The predicted octanol–water partition coefficient (Wildman–Crippen LogP) is 1.98. The Morgan fingerprint density at radius 2 is 1.76 bits per heavy atom. The highest BCUT2D eigenvalue weighted by Crippen LogP contribution is 2.21. The van der Waals surface area contributed by atoms with Gasteiger partial charge in [-0.05, 0) is 48.7 Å². The van der Waals surface area contributed by atoms with Crippen molar-refractivity contribution in [3.05, 3.63) is 59.7 Å². The second-order valence-electron chi connectivity index (χ2n) is 6.06. The second-order valence-corrected chi connectivity index (χ2v) is 8.00. The van der Waals surface area contributed by atoms with E-state index in [1.54, 1.807) is 48.5 Å². The SMILES string of the molecule is Nc1cccc(C(=O)NCc2ccc(S(=O)(=O)N3CCCC3)cc2)c1. The maximum Gasteiger partial charge on any atom is 0.251 e. The molecule has 0 spiro atoms. The third-order valence-electron chi connectivity index (χ3n) is 4.23. The Kier molecular flexibility index (Phi) is 5.06. The summed E-state index contributed by atoms with van der Waals surface area (Å²) < 4.78 is 26.5. The van der Waals surface area contributed by atoms with Crippen LogP contribution in [0.4, 0.5) is 5.69 Å². The number of amides is 1. The van der Waals surface area contributed by atoms with Crippen LogP contribution in [0, 0.1) is 0 Å². The fraction of sp³-hybridized carbons (Fsp3) is 0.278. The van der Waals surface area contributed by atoms with Crippen molar-refractivity contribution in [3.8, 4) is 0 Å². The highest BCUT2D eigenvalue weighted by molar-refractivity contribution is 7.89. The van der Waals surface area contributed by atoms with E-state index in [-0.39, 0.29) is 5.91 Å². The van der Waals surface area contributed by atoms with Gasteiger partial charge in [0, 0.05) is 30.9 Å². The smallest absolute Gasteiger partial charge is 0.251 e. The monoisotopic (exact) mass is 359 g/mol. The van der Waals surface area contributed by atoms with Crippen molar-refractivity contribution in [1.82, 2.24) is 9.62 Å². The van der Waals surface area contributed by atoms with E-state index in [4.69, 9.17) is 5.73 Å². The topological polar surface area (TPSA) is 92.5 Å². The lowest BCUT2D eigenvalue weighted by Gasteiger charge is -2.15. The molecule has 0 bridgehead atoms. The summed E-state index contributed by atoms with van der Waals surface area (Å²) in [4.78, 5) is 12.4. The largest absolute Gasteiger partial charge is 0.399 e. The van der Waals surface area contributed by atoms with Gasteiger partial charge in [-0.2, -0.15) is 4.31 Å². The van der Waals surface area contributed by atoms with E-state index in [0.717, 1.165) is 18.4 Å². The lowest BCUT2D eigenvalue weighted by molar-refractivity contribution is 0.0951. The van der Waals surface area contributed by atoms with Crippen molar-refractivity contribution in [3.63, 3.8) is 0 Å². The highest BCUT2D eigenvalue weighted by atomic mass is 32.2. The lowest BCUT2D eigenvalue weighted by atomic mass is 10.2. The molecular formula is C18H21N3O3S. The van der Waals surface area contributed by atoms with Gasteiger partial charge in [-0.3, -0.25) is 4.79 Å². The number of nitrogens with zero attached hydrogens (tertiary/aromatic N) is 1. The minimum Gasteiger partial charge on any atom is -0.399 e. The molecule has 2 aromatic rings. The number of nitrogens with one attached hydrogen (secondary N) is 1. The minimum absolute atomic E-state index is 0.221. The van der Waals surface area contributed by atoms with Gasteiger partial charge in [-0.1, -0.05) is 18.2 Å². The minimum atomic E-state index is -3.40. The Morgan fingerprint density at radius 1 is 1.08 bits per heavy atom. The third kappa shape index (κ3) is 4.00. The van der Waals surface area contributed by atoms with Crippen LogP contribution in [0.2, 0.25) is 0 Å². The molecule has 1 aliphatic rings. The quantitative estimate of drug-likeness (QED) is 0.799. The van der Waals surface area contributed by atoms with Crippen LogP contribution in [0.3, 0.4) is 0 Å². The Hall–Kier alpha value is -2.38. The molecule has 0 atom stereocenters. The van der Waals surface area contributed by atoms with Gasteiger partial charge in [0.15, 0.2) is 0 Å². The van der Waals surface area contributed by atoms with Gasteiger partial charge >= 0.3 is 0 Å². The standard InChI is InChI=1S/C18H21N3O3S/c19-16-5-3-4-15(12-16)18(22)20-13-14-6-8-17(9-7-14)25(23,24)21-10-1-2-11-21/h3-9,12H,1-2,10-11,13,19H2,(H,20,22). The van der Waals surface area contributed by atoms with E-state index >= 15 is 0 Å². The number of benzene rings is 2.